The van der Waals surface area contributed by atoms with Crippen LogP contribution in [0, 0.1) is 28.6 Å². The molecule has 6 rings (SSSR count). The van der Waals surface area contributed by atoms with Crippen LogP contribution in [0.4, 0.5) is 0 Å². The predicted molar refractivity (Wildman–Crippen MR) is 138 cm³/mol. The van der Waals surface area contributed by atoms with Gasteiger partial charge in [0.1, 0.15) is 5.60 Å². The number of fused-ring (bicyclic) bond motifs is 6. The van der Waals surface area contributed by atoms with Crippen LogP contribution in [0.3, 0.4) is 0 Å². The van der Waals surface area contributed by atoms with Crippen LogP contribution in [-0.4, -0.2) is 44.2 Å². The summed E-state index contributed by atoms with van der Waals surface area (Å²) < 4.78 is 1.94. The van der Waals surface area contributed by atoms with Crippen LogP contribution in [0.2, 0.25) is 0 Å². The maximum atomic E-state index is 13.6. The number of Topliss-reactive ketones (excluding diaryl/α,β-unsaturated/α-hetero) is 1. The van der Waals surface area contributed by atoms with Crippen LogP contribution < -0.4 is 0 Å². The Kier molecular flexibility index (Phi) is 5.61. The molecule has 0 radical (unpaired) electrons. The third kappa shape index (κ3) is 3.45. The number of aromatic nitrogens is 1. The van der Waals surface area contributed by atoms with E-state index < -0.39 is 17.1 Å². The number of hydrogen-bond acceptors (Lipinski definition) is 7. The lowest BCUT2D eigenvalue weighted by molar-refractivity contribution is -0.178. The zero-order chi connectivity index (χ0) is 24.6. The van der Waals surface area contributed by atoms with Gasteiger partial charge in [-0.3, -0.25) is 9.59 Å². The van der Waals surface area contributed by atoms with Crippen LogP contribution in [0.5, 0.6) is 0 Å². The number of allylic oxidation sites excluding steroid dienone is 1. The molecular weight excluding hydrogens is 478 g/mol. The number of thioether (sulfide) groups is 1. The number of ketones is 2. The van der Waals surface area contributed by atoms with Gasteiger partial charge in [0.2, 0.25) is 0 Å². The summed E-state index contributed by atoms with van der Waals surface area (Å²) in [6.07, 6.45) is 6.09. The van der Waals surface area contributed by atoms with Crippen LogP contribution in [0.25, 0.3) is 10.2 Å². The number of para-hydroxylation sites is 1. The van der Waals surface area contributed by atoms with E-state index in [1.54, 1.807) is 11.3 Å². The molecule has 4 aliphatic rings. The van der Waals surface area contributed by atoms with E-state index >= 15 is 0 Å². The maximum absolute atomic E-state index is 13.6. The largest absolute Gasteiger partial charge is 0.393 e. The molecule has 0 spiro atoms. The summed E-state index contributed by atoms with van der Waals surface area (Å²) in [4.78, 5) is 30.3. The minimum absolute atomic E-state index is 0.0863. The molecule has 3 saturated carbocycles. The van der Waals surface area contributed by atoms with E-state index in [0.29, 0.717) is 19.3 Å². The van der Waals surface area contributed by atoms with Gasteiger partial charge >= 0.3 is 0 Å². The van der Waals surface area contributed by atoms with Crippen LogP contribution in [0.15, 0.2) is 40.3 Å². The minimum Gasteiger partial charge on any atom is -0.393 e. The monoisotopic (exact) mass is 511 g/mol. The standard InChI is InChI=1S/C28H33NO4S2/c1-26-11-9-17(30)13-16(26)7-8-18-19-10-12-28(33,27(19,2)14-21(31)24(18)26)23(32)15-34-25-29-20-5-3-4-6-22(20)35-25/h3-6,13,18-19,21,24,31,33H,7-12,14-15H2,1-2H3/t18?,19?,21-,24?,26?,27?,28-/m0/s1. The minimum atomic E-state index is -1.42. The SMILES string of the molecule is CC12CCC(=O)C=C1CCC1C2[C@@H](O)CC2(C)C1CC[C@]2(O)C(=O)CSc1nc2ccccc2s1. The Morgan fingerprint density at radius 1 is 1.20 bits per heavy atom. The first kappa shape index (κ1) is 23.8. The number of carbonyl (C=O) groups excluding carboxylic acids is 2. The zero-order valence-electron chi connectivity index (χ0n) is 20.3. The lowest BCUT2D eigenvalue weighted by Gasteiger charge is -2.60. The molecule has 35 heavy (non-hydrogen) atoms. The first-order valence-electron chi connectivity index (χ1n) is 12.8. The number of benzene rings is 1. The average Bonchev–Trinajstić information content (AvgIpc) is 3.36. The van der Waals surface area contributed by atoms with Crippen molar-refractivity contribution in [2.24, 2.45) is 28.6 Å². The topological polar surface area (TPSA) is 87.5 Å². The van der Waals surface area contributed by atoms with Gasteiger partial charge in [0, 0.05) is 11.8 Å². The summed E-state index contributed by atoms with van der Waals surface area (Å²) in [5.41, 5.74) is -0.0861. The van der Waals surface area contributed by atoms with Crippen molar-refractivity contribution in [3.63, 3.8) is 0 Å². The molecule has 0 amide bonds. The lowest BCUT2D eigenvalue weighted by atomic mass is 9.45. The molecule has 1 aromatic heterocycles. The van der Waals surface area contributed by atoms with E-state index in [9.17, 15) is 19.8 Å². The molecule has 7 heteroatoms. The van der Waals surface area contributed by atoms with Gasteiger partial charge in [-0.15, -0.1) is 11.3 Å². The summed E-state index contributed by atoms with van der Waals surface area (Å²) in [7, 11) is 0. The highest BCUT2D eigenvalue weighted by Gasteiger charge is 2.68. The van der Waals surface area contributed by atoms with Gasteiger partial charge in [0.15, 0.2) is 15.9 Å². The van der Waals surface area contributed by atoms with Crippen molar-refractivity contribution in [3.05, 3.63) is 35.9 Å². The number of nitrogens with zero attached hydrogens (tertiary/aromatic N) is 1. The number of thiazole rings is 1. The van der Waals surface area contributed by atoms with E-state index in [2.05, 4.69) is 11.9 Å². The number of hydrogen-bond donors (Lipinski definition) is 2. The summed E-state index contributed by atoms with van der Waals surface area (Å²) >= 11 is 2.99. The van der Waals surface area contributed by atoms with Gasteiger partial charge in [-0.05, 0) is 79.9 Å². The fourth-order valence-corrected chi connectivity index (χ4v) is 10.3. The van der Waals surface area contributed by atoms with E-state index in [-0.39, 0.29) is 40.5 Å². The van der Waals surface area contributed by atoms with Crippen LogP contribution in [0.1, 0.15) is 58.8 Å². The van der Waals surface area contributed by atoms with Gasteiger partial charge in [-0.2, -0.15) is 0 Å². The van der Waals surface area contributed by atoms with E-state index in [0.717, 1.165) is 40.2 Å². The highest BCUT2D eigenvalue weighted by atomic mass is 32.2. The first-order valence-corrected chi connectivity index (χ1v) is 14.6. The summed E-state index contributed by atoms with van der Waals surface area (Å²) in [6, 6.07) is 7.95. The van der Waals surface area contributed by atoms with Crippen molar-refractivity contribution < 1.29 is 19.8 Å². The van der Waals surface area contributed by atoms with Crippen molar-refractivity contribution in [2.75, 3.05) is 5.75 Å². The molecular formula is C28H33NO4S2. The molecule has 2 aromatic rings. The lowest BCUT2D eigenvalue weighted by Crippen LogP contribution is -2.61. The third-order valence-electron chi connectivity index (χ3n) is 10.1. The normalized spacial score (nSPS) is 40.7. The molecule has 1 aromatic carbocycles. The van der Waals surface area contributed by atoms with Crippen molar-refractivity contribution in [2.45, 2.75) is 74.8 Å². The molecule has 5 unspecified atom stereocenters. The van der Waals surface area contributed by atoms with Crippen LogP contribution >= 0.6 is 23.1 Å². The van der Waals surface area contributed by atoms with E-state index in [4.69, 9.17) is 0 Å². The Labute approximate surface area is 214 Å². The van der Waals surface area contributed by atoms with Gasteiger partial charge in [0.05, 0.1) is 22.1 Å². The van der Waals surface area contributed by atoms with E-state index in [1.165, 1.54) is 17.3 Å². The predicted octanol–water partition coefficient (Wildman–Crippen LogP) is 5.19. The molecule has 186 valence electrons. The summed E-state index contributed by atoms with van der Waals surface area (Å²) in [5.74, 6) is 0.811. The second kappa shape index (κ2) is 8.23. The Bertz CT molecular complexity index is 1210. The molecule has 0 bridgehead atoms. The highest BCUT2D eigenvalue weighted by molar-refractivity contribution is 8.01. The number of carbonyl (C=O) groups is 2. The fraction of sp³-hybridized carbons (Fsp3) is 0.607. The Balaban J connectivity index is 1.24. The van der Waals surface area contributed by atoms with Gasteiger partial charge < -0.3 is 10.2 Å². The Hall–Kier alpha value is -1.54. The van der Waals surface area contributed by atoms with Crippen LogP contribution in [-0.2, 0) is 9.59 Å². The quantitative estimate of drug-likeness (QED) is 0.549. The fourth-order valence-electron chi connectivity index (χ4n) is 8.31. The zero-order valence-corrected chi connectivity index (χ0v) is 22.0. The van der Waals surface area contributed by atoms with Gasteiger partial charge in [-0.1, -0.05) is 43.3 Å². The van der Waals surface area contributed by atoms with Crippen molar-refractivity contribution >= 4 is 44.9 Å². The van der Waals surface area contributed by atoms with Crippen molar-refractivity contribution in [1.82, 2.24) is 4.98 Å². The third-order valence-corrected chi connectivity index (χ3v) is 12.3. The number of rotatable bonds is 4. The molecule has 0 aliphatic heterocycles. The van der Waals surface area contributed by atoms with Gasteiger partial charge in [-0.25, -0.2) is 4.98 Å². The molecule has 4 aliphatic carbocycles. The van der Waals surface area contributed by atoms with Crippen molar-refractivity contribution in [1.29, 1.82) is 0 Å². The molecule has 5 nitrogen and oxygen atoms in total. The maximum Gasteiger partial charge on any atom is 0.175 e. The highest BCUT2D eigenvalue weighted by Crippen LogP contribution is 2.67. The van der Waals surface area contributed by atoms with E-state index in [1.807, 2.05) is 37.3 Å². The molecule has 0 saturated heterocycles. The molecule has 1 heterocycles. The Morgan fingerprint density at radius 3 is 2.80 bits per heavy atom. The number of aliphatic hydroxyl groups excluding tert-OH is 1. The second-order valence-electron chi connectivity index (χ2n) is 11.6. The Morgan fingerprint density at radius 2 is 2.00 bits per heavy atom. The average molecular weight is 512 g/mol. The first-order chi connectivity index (χ1) is 16.7. The smallest absolute Gasteiger partial charge is 0.175 e. The second-order valence-corrected chi connectivity index (χ2v) is 13.9. The van der Waals surface area contributed by atoms with Crippen molar-refractivity contribution in [3.8, 4) is 0 Å². The van der Waals surface area contributed by atoms with Gasteiger partial charge in [0.25, 0.3) is 0 Å². The molecule has 3 fully saturated rings. The number of aliphatic hydroxyl groups is 2. The molecule has 7 atom stereocenters. The molecule has 2 N–H and O–H groups in total. The summed E-state index contributed by atoms with van der Waals surface area (Å²) in [5, 5.41) is 23.5. The summed E-state index contributed by atoms with van der Waals surface area (Å²) in [6.45, 7) is 4.28.